The highest BCUT2D eigenvalue weighted by Gasteiger charge is 2.20. The molecule has 0 aliphatic heterocycles. The molecule has 0 fully saturated rings. The molecule has 0 nitrogen and oxygen atoms in total. The standard InChI is InChI=1S/C96H168S6/c1-7-13-19-25-31-37-43-49-55-61-67-73-97-91-79-85-86(80-92(91)98-74-68-62-56-50-44-38-32-26-20-14-8-2)88-82-94(100-76-70-64-58-52-46-40-34-28-22-16-10-4)96(102-78-72-66-60-54-48-42-36-30-24-18-12-6)84-90(88)89-83-95(101-77-71-65-59-53-47-41-35-29-23-17-11-5)93(81-87(85)89)99-75-69-63-57-51-45-39-33-27-21-15-9-3/h79-84H,7-78H2,1-6H3. The van der Waals surface area contributed by atoms with E-state index in [4.69, 9.17) is 0 Å². The van der Waals surface area contributed by atoms with Crippen LogP contribution in [0.4, 0.5) is 0 Å². The van der Waals surface area contributed by atoms with E-state index in [9.17, 15) is 0 Å². The van der Waals surface area contributed by atoms with Gasteiger partial charge in [0, 0.05) is 29.4 Å². The Bertz CT molecular complexity index is 2030. The maximum absolute atomic E-state index is 2.77. The zero-order chi connectivity index (χ0) is 72.3. The van der Waals surface area contributed by atoms with Crippen molar-refractivity contribution in [3.63, 3.8) is 0 Å². The Hall–Kier alpha value is -0.240. The van der Waals surface area contributed by atoms with E-state index >= 15 is 0 Å². The van der Waals surface area contributed by atoms with Gasteiger partial charge in [0.25, 0.3) is 0 Å². The van der Waals surface area contributed by atoms with Crippen LogP contribution in [0, 0.1) is 0 Å². The fourth-order valence-electron chi connectivity index (χ4n) is 15.4. The van der Waals surface area contributed by atoms with Gasteiger partial charge in [-0.25, -0.2) is 0 Å². The molecule has 0 bridgehead atoms. The van der Waals surface area contributed by atoms with Gasteiger partial charge in [-0.1, -0.05) is 427 Å². The van der Waals surface area contributed by atoms with Crippen molar-refractivity contribution in [3.8, 4) is 0 Å². The average Bonchev–Trinajstić information content (AvgIpc) is 0.728. The molecular formula is C96H168S6. The van der Waals surface area contributed by atoms with Gasteiger partial charge in [-0.05, 0) is 142 Å². The van der Waals surface area contributed by atoms with E-state index in [1.54, 1.807) is 29.4 Å². The summed E-state index contributed by atoms with van der Waals surface area (Å²) in [5, 5.41) is 9.16. The predicted octanol–water partition coefficient (Wildman–Crippen LogP) is 37.6. The van der Waals surface area contributed by atoms with Crippen molar-refractivity contribution in [2.75, 3.05) is 34.5 Å². The van der Waals surface area contributed by atoms with Crippen LogP contribution < -0.4 is 0 Å². The minimum absolute atomic E-state index is 1.24. The highest BCUT2D eigenvalue weighted by molar-refractivity contribution is 8.03. The molecule has 0 N–H and O–H groups in total. The third kappa shape index (κ3) is 47.1. The molecule has 0 aliphatic carbocycles. The second kappa shape index (κ2) is 69.9. The molecule has 102 heavy (non-hydrogen) atoms. The lowest BCUT2D eigenvalue weighted by Gasteiger charge is -2.20. The molecule has 0 aliphatic rings. The van der Waals surface area contributed by atoms with E-state index < -0.39 is 0 Å². The quantitative estimate of drug-likeness (QED) is 0.0244. The molecule has 0 saturated heterocycles. The molecule has 0 saturated carbocycles. The fraction of sp³-hybridized carbons (Fsp3) is 0.812. The molecule has 0 spiro atoms. The van der Waals surface area contributed by atoms with Gasteiger partial charge in [-0.3, -0.25) is 0 Å². The van der Waals surface area contributed by atoms with Gasteiger partial charge in [0.15, 0.2) is 0 Å². The SMILES string of the molecule is CCCCCCCCCCCCCSc1cc2c3cc(SCCCCCCCCCCCCC)c(SCCCCCCCCCCCCC)cc3c3cc(SCCCCCCCCCCCCC)c(SCCCCCCCCCCCCC)cc3c2cc1SCCCCCCCCCCCCC. The summed E-state index contributed by atoms with van der Waals surface area (Å²) in [6, 6.07) is 16.6. The Kier molecular flexibility index (Phi) is 64.5. The van der Waals surface area contributed by atoms with Crippen molar-refractivity contribution in [2.45, 2.75) is 495 Å². The molecule has 0 heterocycles. The second-order valence-electron chi connectivity index (χ2n) is 31.8. The predicted molar refractivity (Wildman–Crippen MR) is 482 cm³/mol. The number of benzene rings is 4. The molecule has 4 aromatic carbocycles. The lowest BCUT2D eigenvalue weighted by molar-refractivity contribution is 0.555. The zero-order valence-corrected chi connectivity index (χ0v) is 73.7. The summed E-state index contributed by atoms with van der Waals surface area (Å²) in [6.07, 6.45) is 93.0. The number of hydrogen-bond donors (Lipinski definition) is 0. The van der Waals surface area contributed by atoms with Crippen LogP contribution in [0.15, 0.2) is 65.8 Å². The van der Waals surface area contributed by atoms with Crippen molar-refractivity contribution in [3.05, 3.63) is 36.4 Å². The number of fused-ring (bicyclic) bond motifs is 6. The number of hydrogen-bond acceptors (Lipinski definition) is 6. The first-order valence-electron chi connectivity index (χ1n) is 45.9. The third-order valence-corrected chi connectivity index (χ3v) is 29.4. The molecular weight excluding hydrogens is 1350 g/mol. The van der Waals surface area contributed by atoms with Crippen molar-refractivity contribution >= 4 is 103 Å². The first kappa shape index (κ1) is 94.1. The monoisotopic (exact) mass is 1510 g/mol. The van der Waals surface area contributed by atoms with Crippen LogP contribution >= 0.6 is 70.6 Å². The molecule has 4 aromatic rings. The number of thioether (sulfide) groups is 6. The van der Waals surface area contributed by atoms with E-state index in [1.807, 2.05) is 0 Å². The zero-order valence-electron chi connectivity index (χ0n) is 68.8. The van der Waals surface area contributed by atoms with E-state index in [0.29, 0.717) is 0 Å². The minimum atomic E-state index is 1.24. The largest absolute Gasteiger partial charge is 0.125 e. The van der Waals surface area contributed by atoms with Gasteiger partial charge in [0.05, 0.1) is 0 Å². The van der Waals surface area contributed by atoms with Crippen molar-refractivity contribution < 1.29 is 0 Å². The van der Waals surface area contributed by atoms with Gasteiger partial charge >= 0.3 is 0 Å². The summed E-state index contributed by atoms with van der Waals surface area (Å²) < 4.78 is 0. The minimum Gasteiger partial charge on any atom is -0.125 e. The summed E-state index contributed by atoms with van der Waals surface area (Å²) in [7, 11) is 0. The Labute approximate surface area is 663 Å². The van der Waals surface area contributed by atoms with Crippen LogP contribution in [0.2, 0.25) is 0 Å². The molecule has 0 amide bonds. The molecule has 6 heteroatoms. The van der Waals surface area contributed by atoms with Crippen LogP contribution in [0.3, 0.4) is 0 Å². The first-order chi connectivity index (χ1) is 50.6. The number of rotatable bonds is 78. The molecule has 0 radical (unpaired) electrons. The van der Waals surface area contributed by atoms with Crippen LogP contribution in [-0.4, -0.2) is 34.5 Å². The summed E-state index contributed by atoms with van der Waals surface area (Å²) >= 11 is 13.3. The maximum Gasteiger partial charge on any atom is 0.0215 e. The molecule has 0 unspecified atom stereocenters. The highest BCUT2D eigenvalue weighted by Crippen LogP contribution is 2.48. The van der Waals surface area contributed by atoms with Gasteiger partial charge < -0.3 is 0 Å². The highest BCUT2D eigenvalue weighted by atomic mass is 32.2. The lowest BCUT2D eigenvalue weighted by Crippen LogP contribution is -1.94. The van der Waals surface area contributed by atoms with Crippen LogP contribution in [0.1, 0.15) is 465 Å². The first-order valence-corrected chi connectivity index (χ1v) is 51.8. The Balaban J connectivity index is 1.76. The van der Waals surface area contributed by atoms with Gasteiger partial charge in [0.2, 0.25) is 0 Å². The van der Waals surface area contributed by atoms with E-state index in [-0.39, 0.29) is 0 Å². The Morgan fingerprint density at radius 3 is 0.314 bits per heavy atom. The van der Waals surface area contributed by atoms with Crippen LogP contribution in [-0.2, 0) is 0 Å². The average molecular weight is 1510 g/mol. The molecule has 588 valence electrons. The van der Waals surface area contributed by atoms with Crippen LogP contribution in [0.25, 0.3) is 32.3 Å². The summed E-state index contributed by atoms with van der Waals surface area (Å²) in [6.45, 7) is 14.1. The van der Waals surface area contributed by atoms with E-state index in [1.165, 1.54) is 491 Å². The number of unbranched alkanes of at least 4 members (excludes halogenated alkanes) is 60. The van der Waals surface area contributed by atoms with Gasteiger partial charge in [0.1, 0.15) is 0 Å². The van der Waals surface area contributed by atoms with Crippen molar-refractivity contribution in [1.29, 1.82) is 0 Å². The molecule has 4 rings (SSSR count). The van der Waals surface area contributed by atoms with Crippen molar-refractivity contribution in [1.82, 2.24) is 0 Å². The lowest BCUT2D eigenvalue weighted by atomic mass is 9.94. The molecule has 0 atom stereocenters. The smallest absolute Gasteiger partial charge is 0.0215 e. The molecule has 0 aromatic heterocycles. The topological polar surface area (TPSA) is 0 Å². The fourth-order valence-corrected chi connectivity index (χ4v) is 22.3. The van der Waals surface area contributed by atoms with Gasteiger partial charge in [-0.2, -0.15) is 0 Å². The third-order valence-electron chi connectivity index (χ3n) is 22.2. The normalized spacial score (nSPS) is 11.9. The van der Waals surface area contributed by atoms with Crippen LogP contribution in [0.5, 0.6) is 0 Å². The Morgan fingerprint density at radius 2 is 0.216 bits per heavy atom. The second-order valence-corrected chi connectivity index (χ2v) is 38.7. The van der Waals surface area contributed by atoms with Crippen molar-refractivity contribution in [2.24, 2.45) is 0 Å². The maximum atomic E-state index is 2.77. The van der Waals surface area contributed by atoms with E-state index in [0.717, 1.165) is 0 Å². The van der Waals surface area contributed by atoms with E-state index in [2.05, 4.69) is 149 Å². The summed E-state index contributed by atoms with van der Waals surface area (Å²) in [5.74, 6) is 7.41. The Morgan fingerprint density at radius 1 is 0.127 bits per heavy atom. The summed E-state index contributed by atoms with van der Waals surface area (Å²) in [4.78, 5) is 9.41. The summed E-state index contributed by atoms with van der Waals surface area (Å²) in [5.41, 5.74) is 0. The van der Waals surface area contributed by atoms with Gasteiger partial charge in [-0.15, -0.1) is 70.6 Å².